The number of carboxylic acid groups (broad SMARTS) is 1. The Bertz CT molecular complexity index is 975. The lowest BCUT2D eigenvalue weighted by molar-refractivity contribution is -0.143. The van der Waals surface area contributed by atoms with Crippen molar-refractivity contribution in [3.8, 4) is 11.1 Å². The Morgan fingerprint density at radius 2 is 1.77 bits per heavy atom. The first-order valence-corrected chi connectivity index (χ1v) is 9.75. The molecule has 0 aromatic heterocycles. The summed E-state index contributed by atoms with van der Waals surface area (Å²) in [5.74, 6) is -1.42. The standard InChI is InChI=1S/C22H24N4O5/c1-22(13-30-2,12-24-26-23)19(20(27)28)25-21(29)31-11-18-16-9-5-3-7-14(16)15-8-4-6-10-17(15)18/h3-10,18-19H,11-13H2,1-2H3,(H,25,29)(H,27,28)/t19-,22+/m1/s1. The van der Waals surface area contributed by atoms with Crippen LogP contribution >= 0.6 is 0 Å². The largest absolute Gasteiger partial charge is 0.480 e. The highest BCUT2D eigenvalue weighted by molar-refractivity contribution is 5.81. The van der Waals surface area contributed by atoms with Crippen LogP contribution in [0, 0.1) is 5.41 Å². The lowest BCUT2D eigenvalue weighted by Crippen LogP contribution is -2.54. The number of methoxy groups -OCH3 is 1. The third-order valence-corrected chi connectivity index (χ3v) is 5.52. The van der Waals surface area contributed by atoms with Crippen LogP contribution in [0.1, 0.15) is 24.0 Å². The number of amides is 1. The Morgan fingerprint density at radius 1 is 1.19 bits per heavy atom. The van der Waals surface area contributed by atoms with Crippen molar-refractivity contribution in [3.63, 3.8) is 0 Å². The molecule has 0 unspecified atom stereocenters. The van der Waals surface area contributed by atoms with Gasteiger partial charge in [-0.05, 0) is 27.8 Å². The highest BCUT2D eigenvalue weighted by atomic mass is 16.5. The van der Waals surface area contributed by atoms with E-state index in [4.69, 9.17) is 15.0 Å². The number of azide groups is 1. The number of fused-ring (bicyclic) bond motifs is 3. The Morgan fingerprint density at radius 3 is 2.29 bits per heavy atom. The predicted molar refractivity (Wildman–Crippen MR) is 114 cm³/mol. The summed E-state index contributed by atoms with van der Waals surface area (Å²) in [5.41, 5.74) is 11.8. The van der Waals surface area contributed by atoms with Gasteiger partial charge >= 0.3 is 12.1 Å². The maximum atomic E-state index is 12.5. The van der Waals surface area contributed by atoms with E-state index in [1.807, 2.05) is 48.5 Å². The van der Waals surface area contributed by atoms with Crippen LogP contribution in [0.3, 0.4) is 0 Å². The van der Waals surface area contributed by atoms with Gasteiger partial charge in [0.1, 0.15) is 12.6 Å². The molecule has 2 aromatic carbocycles. The molecule has 3 rings (SSSR count). The van der Waals surface area contributed by atoms with Gasteiger partial charge in [-0.3, -0.25) is 0 Å². The fourth-order valence-electron chi connectivity index (χ4n) is 4.04. The van der Waals surface area contributed by atoms with Crippen LogP contribution in [0.2, 0.25) is 0 Å². The Labute approximate surface area is 179 Å². The van der Waals surface area contributed by atoms with Gasteiger partial charge in [0.05, 0.1) is 6.61 Å². The molecule has 2 N–H and O–H groups in total. The molecule has 0 heterocycles. The van der Waals surface area contributed by atoms with Gasteiger partial charge in [0.25, 0.3) is 0 Å². The second kappa shape index (κ2) is 9.51. The monoisotopic (exact) mass is 424 g/mol. The van der Waals surface area contributed by atoms with E-state index >= 15 is 0 Å². The highest BCUT2D eigenvalue weighted by Crippen LogP contribution is 2.44. The topological polar surface area (TPSA) is 134 Å². The van der Waals surface area contributed by atoms with E-state index in [1.54, 1.807) is 6.92 Å². The van der Waals surface area contributed by atoms with Gasteiger partial charge in [-0.15, -0.1) is 0 Å². The molecule has 0 fully saturated rings. The zero-order valence-corrected chi connectivity index (χ0v) is 17.3. The number of ether oxygens (including phenoxy) is 2. The van der Waals surface area contributed by atoms with Crippen molar-refractivity contribution in [1.29, 1.82) is 0 Å². The van der Waals surface area contributed by atoms with E-state index in [2.05, 4.69) is 15.3 Å². The van der Waals surface area contributed by atoms with Crippen LogP contribution in [0.5, 0.6) is 0 Å². The van der Waals surface area contributed by atoms with Gasteiger partial charge < -0.3 is 19.9 Å². The molecule has 0 radical (unpaired) electrons. The molecule has 0 spiro atoms. The SMILES string of the molecule is COC[C@](C)(CN=[N+]=[N-])[C@H](NC(=O)OCC1c2ccccc2-c2ccccc21)C(=O)O. The number of benzene rings is 2. The quantitative estimate of drug-likeness (QED) is 0.357. The molecule has 162 valence electrons. The van der Waals surface area contributed by atoms with Gasteiger partial charge in [-0.1, -0.05) is 60.6 Å². The number of nitrogens with one attached hydrogen (secondary N) is 1. The molecule has 0 bridgehead atoms. The number of carbonyl (C=O) groups excluding carboxylic acids is 1. The van der Waals surface area contributed by atoms with Crippen LogP contribution in [-0.2, 0) is 14.3 Å². The lowest BCUT2D eigenvalue weighted by atomic mass is 9.83. The van der Waals surface area contributed by atoms with Crippen LogP contribution in [0.4, 0.5) is 4.79 Å². The molecule has 0 saturated carbocycles. The second-order valence-electron chi connectivity index (χ2n) is 7.72. The summed E-state index contributed by atoms with van der Waals surface area (Å²) in [6.45, 7) is 1.42. The Hall–Kier alpha value is -3.55. The molecular weight excluding hydrogens is 400 g/mol. The summed E-state index contributed by atoms with van der Waals surface area (Å²) < 4.78 is 10.5. The molecule has 31 heavy (non-hydrogen) atoms. The number of hydrogen-bond donors (Lipinski definition) is 2. The number of nitrogens with zero attached hydrogens (tertiary/aromatic N) is 3. The summed E-state index contributed by atoms with van der Waals surface area (Å²) >= 11 is 0. The fraction of sp³-hybridized carbons (Fsp3) is 0.364. The minimum atomic E-state index is -1.37. The molecule has 1 aliphatic carbocycles. The van der Waals surface area contributed by atoms with E-state index in [9.17, 15) is 14.7 Å². The van der Waals surface area contributed by atoms with Crippen molar-refractivity contribution in [2.45, 2.75) is 18.9 Å². The second-order valence-corrected chi connectivity index (χ2v) is 7.72. The molecule has 9 nitrogen and oxygen atoms in total. The van der Waals surface area contributed by atoms with Crippen molar-refractivity contribution < 1.29 is 24.2 Å². The molecular formula is C22H24N4O5. The third kappa shape index (κ3) is 4.63. The van der Waals surface area contributed by atoms with Gasteiger partial charge in [0, 0.05) is 29.9 Å². The first kappa shape index (κ1) is 22.1. The summed E-state index contributed by atoms with van der Waals surface area (Å²) in [4.78, 5) is 27.1. The summed E-state index contributed by atoms with van der Waals surface area (Å²) in [6, 6.07) is 14.5. The van der Waals surface area contributed by atoms with Gasteiger partial charge in [-0.2, -0.15) is 0 Å². The highest BCUT2D eigenvalue weighted by Gasteiger charge is 2.41. The molecule has 1 aliphatic rings. The van der Waals surface area contributed by atoms with E-state index in [0.29, 0.717) is 0 Å². The number of hydrogen-bond acceptors (Lipinski definition) is 5. The number of alkyl carbamates (subject to hydrolysis) is 1. The van der Waals surface area contributed by atoms with Crippen molar-refractivity contribution in [2.75, 3.05) is 26.9 Å². The summed E-state index contributed by atoms with van der Waals surface area (Å²) in [6.07, 6.45) is -0.863. The van der Waals surface area contributed by atoms with Crippen molar-refractivity contribution >= 4 is 12.1 Å². The van der Waals surface area contributed by atoms with Crippen LogP contribution in [0.15, 0.2) is 53.6 Å². The zero-order valence-electron chi connectivity index (χ0n) is 17.3. The first-order valence-electron chi connectivity index (χ1n) is 9.75. The van der Waals surface area contributed by atoms with Crippen LogP contribution in [0.25, 0.3) is 21.6 Å². The van der Waals surface area contributed by atoms with E-state index in [1.165, 1.54) is 7.11 Å². The van der Waals surface area contributed by atoms with Crippen molar-refractivity contribution in [3.05, 3.63) is 70.1 Å². The van der Waals surface area contributed by atoms with E-state index in [-0.39, 0.29) is 25.7 Å². The summed E-state index contributed by atoms with van der Waals surface area (Å²) in [5, 5.41) is 15.5. The van der Waals surface area contributed by atoms with Crippen LogP contribution in [-0.4, -0.2) is 50.1 Å². The Balaban J connectivity index is 1.74. The molecule has 2 aromatic rings. The molecule has 0 aliphatic heterocycles. The number of carboxylic acids is 1. The van der Waals surface area contributed by atoms with Crippen LogP contribution < -0.4 is 5.32 Å². The van der Waals surface area contributed by atoms with Gasteiger partial charge in [0.2, 0.25) is 0 Å². The molecule has 1 amide bonds. The average Bonchev–Trinajstić information content (AvgIpc) is 3.08. The summed E-state index contributed by atoms with van der Waals surface area (Å²) in [7, 11) is 1.40. The van der Waals surface area contributed by atoms with Gasteiger partial charge in [-0.25, -0.2) is 9.59 Å². The maximum absolute atomic E-state index is 12.5. The zero-order chi connectivity index (χ0) is 22.4. The van der Waals surface area contributed by atoms with Crippen molar-refractivity contribution in [1.82, 2.24) is 5.32 Å². The Kier molecular flexibility index (Phi) is 6.79. The smallest absolute Gasteiger partial charge is 0.407 e. The van der Waals surface area contributed by atoms with Crippen molar-refractivity contribution in [2.24, 2.45) is 10.5 Å². The number of aliphatic carboxylic acids is 1. The van der Waals surface area contributed by atoms with E-state index in [0.717, 1.165) is 22.3 Å². The number of rotatable bonds is 9. The molecule has 0 saturated heterocycles. The lowest BCUT2D eigenvalue weighted by Gasteiger charge is -2.33. The normalized spacial score (nSPS) is 15.0. The number of carbonyl (C=O) groups is 2. The molecule has 9 heteroatoms. The minimum absolute atomic E-state index is 0.0351. The van der Waals surface area contributed by atoms with Gasteiger partial charge in [0.15, 0.2) is 0 Å². The fourth-order valence-corrected chi connectivity index (χ4v) is 4.04. The first-order chi connectivity index (χ1) is 14.9. The average molecular weight is 424 g/mol. The third-order valence-electron chi connectivity index (χ3n) is 5.52. The maximum Gasteiger partial charge on any atom is 0.407 e. The minimum Gasteiger partial charge on any atom is -0.480 e. The molecule has 2 atom stereocenters. The predicted octanol–water partition coefficient (Wildman–Crippen LogP) is 3.94. The van der Waals surface area contributed by atoms with E-state index < -0.39 is 23.5 Å².